The number of para-hydroxylation sites is 1. The van der Waals surface area contributed by atoms with Crippen LogP contribution < -0.4 is 10.1 Å². The summed E-state index contributed by atoms with van der Waals surface area (Å²) >= 11 is 1.46. The highest BCUT2D eigenvalue weighted by Crippen LogP contribution is 2.31. The van der Waals surface area contributed by atoms with Gasteiger partial charge in [-0.1, -0.05) is 18.2 Å². The molecule has 0 fully saturated rings. The van der Waals surface area contributed by atoms with Crippen LogP contribution in [0.3, 0.4) is 0 Å². The third-order valence-electron chi connectivity index (χ3n) is 2.43. The molecule has 1 atom stereocenters. The third kappa shape index (κ3) is 2.83. The molecule has 96 valence electrons. The van der Waals surface area contributed by atoms with E-state index in [1.165, 1.54) is 17.4 Å². The molecule has 1 aromatic heterocycles. The average Bonchev–Trinajstić information content (AvgIpc) is 2.85. The van der Waals surface area contributed by atoms with Crippen LogP contribution in [0.4, 0.5) is 8.78 Å². The lowest BCUT2D eigenvalue weighted by atomic mass is 10.1. The van der Waals surface area contributed by atoms with Crippen molar-refractivity contribution in [2.75, 3.05) is 7.05 Å². The Labute approximate surface area is 107 Å². The molecule has 1 N–H and O–H groups in total. The summed E-state index contributed by atoms with van der Waals surface area (Å²) in [7, 11) is 1.76. The molecular formula is C12H12F2N2OS. The number of alkyl halides is 2. The summed E-state index contributed by atoms with van der Waals surface area (Å²) in [5.74, 6) is 0.169. The first-order valence-corrected chi connectivity index (χ1v) is 6.20. The molecule has 0 aliphatic carbocycles. The molecule has 2 rings (SSSR count). The maximum atomic E-state index is 12.4. The zero-order valence-corrected chi connectivity index (χ0v) is 10.5. The number of benzene rings is 1. The summed E-state index contributed by atoms with van der Waals surface area (Å²) in [6, 6.07) is 6.47. The number of aromatic nitrogens is 1. The van der Waals surface area contributed by atoms with E-state index in [-0.39, 0.29) is 11.8 Å². The van der Waals surface area contributed by atoms with Gasteiger partial charge in [0.05, 0.1) is 6.04 Å². The molecule has 6 heteroatoms. The van der Waals surface area contributed by atoms with Gasteiger partial charge >= 0.3 is 6.61 Å². The van der Waals surface area contributed by atoms with E-state index in [0.717, 1.165) is 5.01 Å². The van der Waals surface area contributed by atoms with Gasteiger partial charge in [0.25, 0.3) is 0 Å². The fourth-order valence-electron chi connectivity index (χ4n) is 1.71. The molecule has 1 heterocycles. The van der Waals surface area contributed by atoms with Gasteiger partial charge in [-0.15, -0.1) is 11.3 Å². The first-order chi connectivity index (χ1) is 8.72. The SMILES string of the molecule is CNC(c1nccs1)c1ccccc1OC(F)F. The summed E-state index contributed by atoms with van der Waals surface area (Å²) in [4.78, 5) is 4.20. The van der Waals surface area contributed by atoms with Crippen molar-refractivity contribution >= 4 is 11.3 Å². The molecule has 0 bridgehead atoms. The Morgan fingerprint density at radius 2 is 2.11 bits per heavy atom. The van der Waals surface area contributed by atoms with Crippen molar-refractivity contribution < 1.29 is 13.5 Å². The van der Waals surface area contributed by atoms with Crippen LogP contribution in [0.2, 0.25) is 0 Å². The predicted molar refractivity (Wildman–Crippen MR) is 66.1 cm³/mol. The number of hydrogen-bond acceptors (Lipinski definition) is 4. The van der Waals surface area contributed by atoms with Crippen LogP contribution in [0.25, 0.3) is 0 Å². The number of nitrogens with one attached hydrogen (secondary N) is 1. The number of rotatable bonds is 5. The number of halogens is 2. The van der Waals surface area contributed by atoms with Gasteiger partial charge in [-0.3, -0.25) is 0 Å². The summed E-state index contributed by atoms with van der Waals surface area (Å²) in [6.45, 7) is -2.83. The molecule has 0 aliphatic rings. The van der Waals surface area contributed by atoms with Crippen LogP contribution in [-0.4, -0.2) is 18.6 Å². The minimum absolute atomic E-state index is 0.169. The van der Waals surface area contributed by atoms with E-state index in [1.54, 1.807) is 31.4 Å². The Kier molecular flexibility index (Phi) is 4.22. The largest absolute Gasteiger partial charge is 0.434 e. The Bertz CT molecular complexity index is 491. The summed E-state index contributed by atoms with van der Waals surface area (Å²) < 4.78 is 29.2. The maximum absolute atomic E-state index is 12.4. The fraction of sp³-hybridized carbons (Fsp3) is 0.250. The summed E-state index contributed by atoms with van der Waals surface area (Å²) in [6.07, 6.45) is 1.68. The van der Waals surface area contributed by atoms with Crippen LogP contribution in [0.5, 0.6) is 5.75 Å². The van der Waals surface area contributed by atoms with Gasteiger partial charge in [0.2, 0.25) is 0 Å². The quantitative estimate of drug-likeness (QED) is 0.906. The van der Waals surface area contributed by atoms with E-state index in [0.29, 0.717) is 5.56 Å². The smallest absolute Gasteiger partial charge is 0.387 e. The van der Waals surface area contributed by atoms with Gasteiger partial charge in [0, 0.05) is 17.1 Å². The number of thiazole rings is 1. The van der Waals surface area contributed by atoms with Crippen molar-refractivity contribution in [2.45, 2.75) is 12.7 Å². The Balaban J connectivity index is 2.36. The topological polar surface area (TPSA) is 34.2 Å². The standard InChI is InChI=1S/C12H12F2N2OS/c1-15-10(11-16-6-7-18-11)8-4-2-3-5-9(8)17-12(13)14/h2-7,10,12,15H,1H3. The molecule has 3 nitrogen and oxygen atoms in total. The van der Waals surface area contributed by atoms with Crippen molar-refractivity contribution in [1.82, 2.24) is 10.3 Å². The highest BCUT2D eigenvalue weighted by atomic mass is 32.1. The molecule has 18 heavy (non-hydrogen) atoms. The second kappa shape index (κ2) is 5.88. The van der Waals surface area contributed by atoms with Gasteiger partial charge < -0.3 is 10.1 Å². The minimum Gasteiger partial charge on any atom is -0.434 e. The molecule has 0 aliphatic heterocycles. The van der Waals surface area contributed by atoms with Gasteiger partial charge in [-0.05, 0) is 13.1 Å². The average molecular weight is 270 g/mol. The van der Waals surface area contributed by atoms with Crippen LogP contribution in [-0.2, 0) is 0 Å². The number of hydrogen-bond donors (Lipinski definition) is 1. The zero-order chi connectivity index (χ0) is 13.0. The summed E-state index contributed by atoms with van der Waals surface area (Å²) in [5, 5.41) is 5.71. The second-order valence-corrected chi connectivity index (χ2v) is 4.43. The second-order valence-electron chi connectivity index (χ2n) is 3.51. The molecule has 2 aromatic rings. The Morgan fingerprint density at radius 3 is 2.72 bits per heavy atom. The molecular weight excluding hydrogens is 258 g/mol. The van der Waals surface area contributed by atoms with E-state index in [2.05, 4.69) is 15.0 Å². The number of ether oxygens (including phenoxy) is 1. The van der Waals surface area contributed by atoms with Crippen molar-refractivity contribution in [2.24, 2.45) is 0 Å². The van der Waals surface area contributed by atoms with Crippen molar-refractivity contribution in [1.29, 1.82) is 0 Å². The minimum atomic E-state index is -2.83. The Morgan fingerprint density at radius 1 is 1.33 bits per heavy atom. The molecule has 0 saturated heterocycles. The number of nitrogens with zero attached hydrogens (tertiary/aromatic N) is 1. The Hall–Kier alpha value is -1.53. The molecule has 0 radical (unpaired) electrons. The lowest BCUT2D eigenvalue weighted by molar-refractivity contribution is -0.0506. The van der Waals surface area contributed by atoms with Crippen molar-refractivity contribution in [3.8, 4) is 5.75 Å². The predicted octanol–water partition coefficient (Wildman–Crippen LogP) is 3.05. The normalized spacial score (nSPS) is 12.7. The van der Waals surface area contributed by atoms with Gasteiger partial charge in [0.15, 0.2) is 0 Å². The first-order valence-electron chi connectivity index (χ1n) is 5.32. The van der Waals surface area contributed by atoms with Gasteiger partial charge in [-0.2, -0.15) is 8.78 Å². The third-order valence-corrected chi connectivity index (χ3v) is 3.27. The monoisotopic (exact) mass is 270 g/mol. The lowest BCUT2D eigenvalue weighted by Gasteiger charge is -2.17. The van der Waals surface area contributed by atoms with Crippen molar-refractivity contribution in [3.05, 3.63) is 46.4 Å². The van der Waals surface area contributed by atoms with Crippen LogP contribution in [0.15, 0.2) is 35.8 Å². The highest BCUT2D eigenvalue weighted by molar-refractivity contribution is 7.09. The first kappa shape index (κ1) is 12.9. The fourth-order valence-corrected chi connectivity index (χ4v) is 2.48. The van der Waals surface area contributed by atoms with E-state index in [9.17, 15) is 8.78 Å². The molecule has 1 aromatic carbocycles. The van der Waals surface area contributed by atoms with Crippen molar-refractivity contribution in [3.63, 3.8) is 0 Å². The maximum Gasteiger partial charge on any atom is 0.387 e. The van der Waals surface area contributed by atoms with Crippen LogP contribution in [0, 0.1) is 0 Å². The van der Waals surface area contributed by atoms with E-state index in [4.69, 9.17) is 0 Å². The van der Waals surface area contributed by atoms with E-state index in [1.807, 2.05) is 5.38 Å². The van der Waals surface area contributed by atoms with E-state index < -0.39 is 6.61 Å². The highest BCUT2D eigenvalue weighted by Gasteiger charge is 2.20. The summed E-state index contributed by atoms with van der Waals surface area (Å²) in [5.41, 5.74) is 0.648. The molecule has 0 spiro atoms. The molecule has 0 saturated carbocycles. The van der Waals surface area contributed by atoms with E-state index >= 15 is 0 Å². The zero-order valence-electron chi connectivity index (χ0n) is 9.64. The van der Waals surface area contributed by atoms with Crippen LogP contribution in [0.1, 0.15) is 16.6 Å². The van der Waals surface area contributed by atoms with Gasteiger partial charge in [0.1, 0.15) is 10.8 Å². The lowest BCUT2D eigenvalue weighted by Crippen LogP contribution is -2.19. The van der Waals surface area contributed by atoms with Crippen LogP contribution >= 0.6 is 11.3 Å². The molecule has 0 amide bonds. The van der Waals surface area contributed by atoms with Gasteiger partial charge in [-0.25, -0.2) is 4.98 Å². The molecule has 1 unspecified atom stereocenters.